The van der Waals surface area contributed by atoms with Crippen LogP contribution in [0.4, 0.5) is 0 Å². The van der Waals surface area contributed by atoms with Crippen molar-refractivity contribution in [3.63, 3.8) is 0 Å². The Morgan fingerprint density at radius 1 is 1.73 bits per heavy atom. The van der Waals surface area contributed by atoms with Crippen molar-refractivity contribution in [3.8, 4) is 0 Å². The normalized spacial score (nSPS) is 12.5. The highest BCUT2D eigenvalue weighted by atomic mass is 16.2. The molecule has 2 N–H and O–H groups in total. The van der Waals surface area contributed by atoms with E-state index in [1.54, 1.807) is 22.8 Å². The zero-order valence-electron chi connectivity index (χ0n) is 9.47. The molecule has 0 aliphatic heterocycles. The van der Waals surface area contributed by atoms with Gasteiger partial charge in [0, 0.05) is 32.4 Å². The molecule has 0 aromatic carbocycles. The third kappa shape index (κ3) is 3.06. The van der Waals surface area contributed by atoms with Crippen molar-refractivity contribution in [2.24, 2.45) is 12.8 Å². The molecule has 0 fully saturated rings. The minimum absolute atomic E-state index is 0.0265. The van der Waals surface area contributed by atoms with Crippen LogP contribution in [0.5, 0.6) is 0 Å². The lowest BCUT2D eigenvalue weighted by Crippen LogP contribution is -2.40. The molecule has 1 amide bonds. The highest BCUT2D eigenvalue weighted by Gasteiger charge is 2.16. The van der Waals surface area contributed by atoms with Crippen LogP contribution in [-0.4, -0.2) is 33.7 Å². The van der Waals surface area contributed by atoms with Crippen molar-refractivity contribution in [1.29, 1.82) is 0 Å². The largest absolute Gasteiger partial charge is 0.340 e. The van der Waals surface area contributed by atoms with E-state index in [1.165, 1.54) is 0 Å². The van der Waals surface area contributed by atoms with E-state index >= 15 is 0 Å². The number of nitrogens with two attached hydrogens (primary N) is 1. The first-order valence-corrected chi connectivity index (χ1v) is 5.02. The van der Waals surface area contributed by atoms with Gasteiger partial charge in [0.05, 0.1) is 12.2 Å². The number of hydrogen-bond acceptors (Lipinski definition) is 3. The van der Waals surface area contributed by atoms with Gasteiger partial charge in [-0.05, 0) is 6.42 Å². The highest BCUT2D eigenvalue weighted by Crippen LogP contribution is 2.03. The molecule has 0 aliphatic carbocycles. The van der Waals surface area contributed by atoms with Crippen LogP contribution < -0.4 is 5.73 Å². The molecule has 1 unspecified atom stereocenters. The average molecular weight is 210 g/mol. The average Bonchev–Trinajstić information content (AvgIpc) is 2.61. The van der Waals surface area contributed by atoms with Crippen LogP contribution in [0.3, 0.4) is 0 Å². The summed E-state index contributed by atoms with van der Waals surface area (Å²) in [5.74, 6) is -0.0265. The van der Waals surface area contributed by atoms with Crippen LogP contribution >= 0.6 is 0 Å². The molecule has 5 nitrogen and oxygen atoms in total. The van der Waals surface area contributed by atoms with Gasteiger partial charge in [0.1, 0.15) is 0 Å². The molecule has 0 saturated carbocycles. The summed E-state index contributed by atoms with van der Waals surface area (Å²) in [7, 11) is 3.61. The van der Waals surface area contributed by atoms with Crippen LogP contribution in [-0.2, 0) is 18.4 Å². The smallest absolute Gasteiger partial charge is 0.239 e. The summed E-state index contributed by atoms with van der Waals surface area (Å²) in [5, 5.41) is 4.04. The highest BCUT2D eigenvalue weighted by molar-refractivity contribution is 5.81. The molecular formula is C10H18N4O. The molecule has 0 aliphatic rings. The van der Waals surface area contributed by atoms with E-state index in [2.05, 4.69) is 5.10 Å². The quantitative estimate of drug-likeness (QED) is 0.767. The maximum atomic E-state index is 11.7. The first kappa shape index (κ1) is 11.7. The number of carbonyl (C=O) groups excluding carboxylic acids is 1. The van der Waals surface area contributed by atoms with Crippen molar-refractivity contribution in [2.45, 2.75) is 25.9 Å². The second kappa shape index (κ2) is 4.93. The van der Waals surface area contributed by atoms with Gasteiger partial charge in [-0.2, -0.15) is 5.10 Å². The summed E-state index contributed by atoms with van der Waals surface area (Å²) < 4.78 is 1.72. The van der Waals surface area contributed by atoms with E-state index in [4.69, 9.17) is 5.73 Å². The number of rotatable bonds is 4. The molecule has 1 aromatic heterocycles. The minimum atomic E-state index is -0.397. The van der Waals surface area contributed by atoms with Gasteiger partial charge in [-0.25, -0.2) is 0 Å². The van der Waals surface area contributed by atoms with Crippen molar-refractivity contribution in [2.75, 3.05) is 7.05 Å². The zero-order chi connectivity index (χ0) is 11.4. The Balaban J connectivity index is 2.55. The van der Waals surface area contributed by atoms with E-state index in [0.717, 1.165) is 5.56 Å². The lowest BCUT2D eigenvalue weighted by atomic mass is 10.2. The number of likely N-dealkylation sites (N-methyl/N-ethyl adjacent to an activating group) is 1. The SMILES string of the molecule is CCC(N)C(=O)N(C)Cc1cnn(C)c1. The van der Waals surface area contributed by atoms with Crippen molar-refractivity contribution >= 4 is 5.91 Å². The summed E-state index contributed by atoms with van der Waals surface area (Å²) in [6.07, 6.45) is 4.30. The fourth-order valence-electron chi connectivity index (χ4n) is 1.36. The van der Waals surface area contributed by atoms with Gasteiger partial charge in [0.15, 0.2) is 0 Å². The first-order chi connectivity index (χ1) is 7.04. The number of carbonyl (C=O) groups is 1. The Hall–Kier alpha value is -1.36. The van der Waals surface area contributed by atoms with Gasteiger partial charge >= 0.3 is 0 Å². The van der Waals surface area contributed by atoms with Gasteiger partial charge in [-0.3, -0.25) is 9.48 Å². The molecule has 15 heavy (non-hydrogen) atoms. The topological polar surface area (TPSA) is 64.2 Å². The van der Waals surface area contributed by atoms with E-state index in [9.17, 15) is 4.79 Å². The first-order valence-electron chi connectivity index (χ1n) is 5.02. The summed E-state index contributed by atoms with van der Waals surface area (Å²) in [6, 6.07) is -0.397. The van der Waals surface area contributed by atoms with Crippen molar-refractivity contribution in [3.05, 3.63) is 18.0 Å². The van der Waals surface area contributed by atoms with E-state index in [1.807, 2.05) is 20.2 Å². The second-order valence-electron chi connectivity index (χ2n) is 3.73. The number of amides is 1. The molecule has 1 atom stereocenters. The Bertz CT molecular complexity index is 334. The number of hydrogen-bond donors (Lipinski definition) is 1. The number of nitrogens with zero attached hydrogens (tertiary/aromatic N) is 3. The van der Waals surface area contributed by atoms with Crippen LogP contribution in [0.15, 0.2) is 12.4 Å². The van der Waals surface area contributed by atoms with Crippen LogP contribution in [0, 0.1) is 0 Å². The van der Waals surface area contributed by atoms with Gasteiger partial charge in [0.2, 0.25) is 5.91 Å². The number of aryl methyl sites for hydroxylation is 1. The Morgan fingerprint density at radius 2 is 2.40 bits per heavy atom. The molecule has 0 radical (unpaired) electrons. The maximum Gasteiger partial charge on any atom is 0.239 e. The lowest BCUT2D eigenvalue weighted by Gasteiger charge is -2.19. The summed E-state index contributed by atoms with van der Waals surface area (Å²) in [4.78, 5) is 13.3. The Morgan fingerprint density at radius 3 is 2.87 bits per heavy atom. The minimum Gasteiger partial charge on any atom is -0.340 e. The Kier molecular flexibility index (Phi) is 3.85. The van der Waals surface area contributed by atoms with Gasteiger partial charge in [-0.1, -0.05) is 6.92 Å². The van der Waals surface area contributed by atoms with E-state index in [-0.39, 0.29) is 5.91 Å². The molecule has 1 rings (SSSR count). The molecule has 84 valence electrons. The van der Waals surface area contributed by atoms with Crippen molar-refractivity contribution < 1.29 is 4.79 Å². The molecule has 5 heteroatoms. The zero-order valence-corrected chi connectivity index (χ0v) is 9.47. The summed E-state index contributed by atoms with van der Waals surface area (Å²) in [5.41, 5.74) is 6.68. The molecule has 0 saturated heterocycles. The van der Waals surface area contributed by atoms with Gasteiger partial charge in [0.25, 0.3) is 0 Å². The van der Waals surface area contributed by atoms with Crippen LogP contribution in [0.1, 0.15) is 18.9 Å². The molecule has 0 bridgehead atoms. The fraction of sp³-hybridized carbons (Fsp3) is 0.600. The third-order valence-corrected chi connectivity index (χ3v) is 2.31. The number of aromatic nitrogens is 2. The molecule has 0 spiro atoms. The van der Waals surface area contributed by atoms with Crippen LogP contribution in [0.25, 0.3) is 0 Å². The lowest BCUT2D eigenvalue weighted by molar-refractivity contribution is -0.131. The van der Waals surface area contributed by atoms with E-state index in [0.29, 0.717) is 13.0 Å². The summed E-state index contributed by atoms with van der Waals surface area (Å²) in [6.45, 7) is 2.46. The molecule has 1 aromatic rings. The van der Waals surface area contributed by atoms with E-state index < -0.39 is 6.04 Å². The predicted molar refractivity (Wildman–Crippen MR) is 57.9 cm³/mol. The van der Waals surface area contributed by atoms with Gasteiger partial charge < -0.3 is 10.6 Å². The maximum absolute atomic E-state index is 11.7. The molecular weight excluding hydrogens is 192 g/mol. The third-order valence-electron chi connectivity index (χ3n) is 2.31. The van der Waals surface area contributed by atoms with Crippen molar-refractivity contribution in [1.82, 2.24) is 14.7 Å². The Labute approximate surface area is 89.9 Å². The monoisotopic (exact) mass is 210 g/mol. The molecule has 1 heterocycles. The summed E-state index contributed by atoms with van der Waals surface area (Å²) >= 11 is 0. The van der Waals surface area contributed by atoms with Crippen LogP contribution in [0.2, 0.25) is 0 Å². The fourth-order valence-corrected chi connectivity index (χ4v) is 1.36. The second-order valence-corrected chi connectivity index (χ2v) is 3.73. The standard InChI is InChI=1S/C10H18N4O/c1-4-9(11)10(15)13(2)6-8-5-12-14(3)7-8/h5,7,9H,4,6,11H2,1-3H3. The van der Waals surface area contributed by atoms with Gasteiger partial charge in [-0.15, -0.1) is 0 Å². The predicted octanol–water partition coefficient (Wildman–Crippen LogP) is 0.116.